The third kappa shape index (κ3) is 4.06. The standard InChI is InChI=1S/C25H20F2O5/c1-14(28)16-6-9-18-19-11-22(30-3)23(12-21(19)32-24(29)20(18)10-16)31-13-15-4-7-17(8-5-15)25(2,26)27/h4-12H,13H2,1-3H3. The number of methoxy groups -OCH3 is 1. The van der Waals surface area contributed by atoms with E-state index >= 15 is 0 Å². The number of ketones is 1. The van der Waals surface area contributed by atoms with Crippen LogP contribution in [0.5, 0.6) is 11.5 Å². The number of hydrogen-bond donors (Lipinski definition) is 0. The fourth-order valence-electron chi connectivity index (χ4n) is 3.49. The van der Waals surface area contributed by atoms with Crippen LogP contribution < -0.4 is 15.1 Å². The van der Waals surface area contributed by atoms with Gasteiger partial charge in [-0.25, -0.2) is 13.6 Å². The zero-order valence-electron chi connectivity index (χ0n) is 17.7. The topological polar surface area (TPSA) is 65.7 Å². The van der Waals surface area contributed by atoms with E-state index in [4.69, 9.17) is 13.9 Å². The predicted molar refractivity (Wildman–Crippen MR) is 117 cm³/mol. The van der Waals surface area contributed by atoms with Gasteiger partial charge < -0.3 is 13.9 Å². The average molecular weight is 438 g/mol. The molecule has 0 saturated heterocycles. The third-order valence-corrected chi connectivity index (χ3v) is 5.26. The Bertz CT molecular complexity index is 1380. The summed E-state index contributed by atoms with van der Waals surface area (Å²) >= 11 is 0. The van der Waals surface area contributed by atoms with Gasteiger partial charge in [0.25, 0.3) is 5.92 Å². The average Bonchev–Trinajstić information content (AvgIpc) is 2.76. The van der Waals surface area contributed by atoms with Gasteiger partial charge in [0, 0.05) is 34.9 Å². The Morgan fingerprint density at radius 3 is 2.31 bits per heavy atom. The van der Waals surface area contributed by atoms with Gasteiger partial charge in [-0.2, -0.15) is 0 Å². The minimum atomic E-state index is -2.91. The van der Waals surface area contributed by atoms with Crippen molar-refractivity contribution in [1.82, 2.24) is 0 Å². The van der Waals surface area contributed by atoms with E-state index < -0.39 is 11.5 Å². The van der Waals surface area contributed by atoms with Crippen LogP contribution in [-0.2, 0) is 12.5 Å². The molecule has 0 aliphatic rings. The normalized spacial score (nSPS) is 11.7. The van der Waals surface area contributed by atoms with Gasteiger partial charge in [0.15, 0.2) is 17.3 Å². The van der Waals surface area contributed by atoms with Crippen LogP contribution in [0, 0.1) is 0 Å². The first kappa shape index (κ1) is 21.5. The van der Waals surface area contributed by atoms with Crippen molar-refractivity contribution in [3.63, 3.8) is 0 Å². The highest BCUT2D eigenvalue weighted by atomic mass is 19.3. The quantitative estimate of drug-likeness (QED) is 0.215. The van der Waals surface area contributed by atoms with Gasteiger partial charge in [-0.3, -0.25) is 4.79 Å². The summed E-state index contributed by atoms with van der Waals surface area (Å²) in [5.41, 5.74) is 0.767. The fourth-order valence-corrected chi connectivity index (χ4v) is 3.49. The van der Waals surface area contributed by atoms with Gasteiger partial charge in [0.05, 0.1) is 12.5 Å². The van der Waals surface area contributed by atoms with Crippen molar-refractivity contribution in [1.29, 1.82) is 0 Å². The fraction of sp³-hybridized carbons (Fsp3) is 0.200. The van der Waals surface area contributed by atoms with Crippen LogP contribution in [0.1, 0.15) is 35.3 Å². The molecular formula is C25H20F2O5. The molecule has 0 N–H and O–H groups in total. The number of halogens is 2. The van der Waals surface area contributed by atoms with E-state index in [2.05, 4.69) is 0 Å². The Balaban J connectivity index is 1.71. The number of carbonyl (C=O) groups is 1. The van der Waals surface area contributed by atoms with Crippen LogP contribution in [-0.4, -0.2) is 12.9 Å². The van der Waals surface area contributed by atoms with E-state index in [9.17, 15) is 18.4 Å². The number of carbonyl (C=O) groups excluding carboxylic acids is 1. The Hall–Kier alpha value is -3.74. The highest BCUT2D eigenvalue weighted by Crippen LogP contribution is 2.36. The van der Waals surface area contributed by atoms with Crippen molar-refractivity contribution in [2.45, 2.75) is 26.4 Å². The SMILES string of the molecule is COc1cc2c(cc1OCc1ccc(C(C)(F)F)cc1)oc(=O)c1cc(C(C)=O)ccc12. The number of rotatable bonds is 6. The number of hydrogen-bond acceptors (Lipinski definition) is 5. The van der Waals surface area contributed by atoms with Gasteiger partial charge >= 0.3 is 5.63 Å². The molecule has 0 aliphatic carbocycles. The van der Waals surface area contributed by atoms with Gasteiger partial charge in [0.2, 0.25) is 0 Å². The number of alkyl halides is 2. The number of fused-ring (bicyclic) bond motifs is 3. The molecule has 5 nitrogen and oxygen atoms in total. The van der Waals surface area contributed by atoms with Gasteiger partial charge in [-0.05, 0) is 24.6 Å². The molecule has 0 amide bonds. The summed E-state index contributed by atoms with van der Waals surface area (Å²) in [4.78, 5) is 24.2. The lowest BCUT2D eigenvalue weighted by molar-refractivity contribution is 0.0174. The minimum Gasteiger partial charge on any atom is -0.493 e. The Morgan fingerprint density at radius 2 is 1.69 bits per heavy atom. The maximum absolute atomic E-state index is 13.4. The largest absolute Gasteiger partial charge is 0.493 e. The van der Waals surface area contributed by atoms with Crippen LogP contribution >= 0.6 is 0 Å². The molecule has 7 heteroatoms. The first-order chi connectivity index (χ1) is 15.2. The van der Waals surface area contributed by atoms with Crippen LogP contribution in [0.4, 0.5) is 8.78 Å². The Kier molecular flexibility index (Phi) is 5.42. The molecule has 1 aromatic heterocycles. The summed E-state index contributed by atoms with van der Waals surface area (Å²) in [6.07, 6.45) is 0. The second-order valence-electron chi connectivity index (χ2n) is 7.58. The molecule has 0 atom stereocenters. The summed E-state index contributed by atoms with van der Waals surface area (Å²) in [5.74, 6) is -2.30. The van der Waals surface area contributed by atoms with Crippen molar-refractivity contribution < 1.29 is 27.5 Å². The van der Waals surface area contributed by atoms with E-state index in [1.54, 1.807) is 36.4 Å². The van der Waals surface area contributed by atoms with Gasteiger partial charge in [-0.1, -0.05) is 36.4 Å². The molecule has 0 saturated carbocycles. The predicted octanol–water partition coefficient (Wildman–Crippen LogP) is 5.85. The molecule has 0 spiro atoms. The van der Waals surface area contributed by atoms with E-state index in [0.29, 0.717) is 44.4 Å². The zero-order chi connectivity index (χ0) is 23.0. The maximum Gasteiger partial charge on any atom is 0.344 e. The molecule has 4 rings (SSSR count). The Labute approximate surface area is 182 Å². The van der Waals surface area contributed by atoms with Crippen molar-refractivity contribution in [2.24, 2.45) is 0 Å². The molecule has 164 valence electrons. The van der Waals surface area contributed by atoms with Crippen LogP contribution in [0.15, 0.2) is 63.8 Å². The number of Topliss-reactive ketones (excluding diaryl/α,β-unsaturated/α-hetero) is 1. The molecule has 1 heterocycles. The van der Waals surface area contributed by atoms with Gasteiger partial charge in [-0.15, -0.1) is 0 Å². The van der Waals surface area contributed by atoms with E-state index in [1.165, 1.54) is 32.2 Å². The van der Waals surface area contributed by atoms with Gasteiger partial charge in [0.1, 0.15) is 12.2 Å². The van der Waals surface area contributed by atoms with E-state index in [-0.39, 0.29) is 18.0 Å². The molecule has 4 aromatic rings. The highest BCUT2D eigenvalue weighted by Gasteiger charge is 2.23. The molecule has 0 radical (unpaired) electrons. The summed E-state index contributed by atoms with van der Waals surface area (Å²) in [7, 11) is 1.49. The lowest BCUT2D eigenvalue weighted by Crippen LogP contribution is -2.07. The van der Waals surface area contributed by atoms with Crippen LogP contribution in [0.3, 0.4) is 0 Å². The molecule has 0 fully saturated rings. The first-order valence-corrected chi connectivity index (χ1v) is 9.87. The Morgan fingerprint density at radius 1 is 0.969 bits per heavy atom. The van der Waals surface area contributed by atoms with Crippen molar-refractivity contribution >= 4 is 27.5 Å². The molecular weight excluding hydrogens is 418 g/mol. The zero-order valence-corrected chi connectivity index (χ0v) is 17.7. The molecule has 32 heavy (non-hydrogen) atoms. The summed E-state index contributed by atoms with van der Waals surface area (Å²) in [5, 5.41) is 1.56. The summed E-state index contributed by atoms with van der Waals surface area (Å²) < 4.78 is 43.5. The van der Waals surface area contributed by atoms with Crippen molar-refractivity contribution in [2.75, 3.05) is 7.11 Å². The third-order valence-electron chi connectivity index (χ3n) is 5.26. The van der Waals surface area contributed by atoms with Crippen LogP contribution in [0.2, 0.25) is 0 Å². The second kappa shape index (κ2) is 8.07. The number of ether oxygens (including phenoxy) is 2. The lowest BCUT2D eigenvalue weighted by Gasteiger charge is -2.14. The molecule has 0 bridgehead atoms. The summed E-state index contributed by atoms with van der Waals surface area (Å²) in [6.45, 7) is 2.38. The maximum atomic E-state index is 13.4. The van der Waals surface area contributed by atoms with Crippen LogP contribution in [0.25, 0.3) is 21.7 Å². The minimum absolute atomic E-state index is 0.0777. The molecule has 3 aromatic carbocycles. The van der Waals surface area contributed by atoms with Crippen molar-refractivity contribution in [3.8, 4) is 11.5 Å². The van der Waals surface area contributed by atoms with Crippen molar-refractivity contribution in [3.05, 3.63) is 81.7 Å². The highest BCUT2D eigenvalue weighted by molar-refractivity contribution is 6.07. The number of benzene rings is 3. The van der Waals surface area contributed by atoms with E-state index in [0.717, 1.165) is 6.92 Å². The second-order valence-corrected chi connectivity index (χ2v) is 7.58. The monoisotopic (exact) mass is 438 g/mol. The lowest BCUT2D eigenvalue weighted by atomic mass is 10.0. The molecule has 0 aliphatic heterocycles. The first-order valence-electron chi connectivity index (χ1n) is 9.87. The smallest absolute Gasteiger partial charge is 0.344 e. The summed E-state index contributed by atoms with van der Waals surface area (Å²) in [6, 6.07) is 14.0. The molecule has 0 unspecified atom stereocenters. The van der Waals surface area contributed by atoms with E-state index in [1.807, 2.05) is 0 Å².